The Morgan fingerprint density at radius 3 is 2.92 bits per heavy atom. The van der Waals surface area contributed by atoms with E-state index in [9.17, 15) is 5.11 Å². The fraction of sp³-hybridized carbons (Fsp3) is 0.333. The van der Waals surface area contributed by atoms with Gasteiger partial charge in [0.15, 0.2) is 0 Å². The zero-order valence-corrected chi connectivity index (χ0v) is 6.66. The summed E-state index contributed by atoms with van der Waals surface area (Å²) < 4.78 is 0. The molecule has 1 heterocycles. The third-order valence-corrected chi connectivity index (χ3v) is 2.02. The van der Waals surface area contributed by atoms with Gasteiger partial charge in [0.2, 0.25) is 0 Å². The first-order valence-electron chi connectivity index (χ1n) is 4.04. The molecule has 2 rings (SSSR count). The van der Waals surface area contributed by atoms with E-state index in [2.05, 4.69) is 5.48 Å². The number of rotatable bonds is 1. The Balaban J connectivity index is 2.26. The predicted octanol–water partition coefficient (Wildman–Crippen LogP) is 1.36. The van der Waals surface area contributed by atoms with Crippen molar-refractivity contribution in [3.63, 3.8) is 0 Å². The highest BCUT2D eigenvalue weighted by molar-refractivity contribution is 5.33. The van der Waals surface area contributed by atoms with Gasteiger partial charge in [-0.25, -0.2) is 5.48 Å². The molecular formula is C9H11NO2. The molecule has 1 aromatic carbocycles. The van der Waals surface area contributed by atoms with E-state index in [1.54, 1.807) is 12.1 Å². The van der Waals surface area contributed by atoms with Crippen LogP contribution in [0, 0.1) is 0 Å². The Morgan fingerprint density at radius 2 is 2.25 bits per heavy atom. The van der Waals surface area contributed by atoms with Crippen LogP contribution in [0.4, 0.5) is 0 Å². The number of phenols is 1. The lowest BCUT2D eigenvalue weighted by Gasteiger charge is -2.09. The highest BCUT2D eigenvalue weighted by Crippen LogP contribution is 2.29. The van der Waals surface area contributed by atoms with Crippen LogP contribution in [-0.2, 0) is 4.84 Å². The third kappa shape index (κ3) is 1.29. The molecule has 1 aromatic rings. The normalized spacial score (nSPS) is 22.8. The van der Waals surface area contributed by atoms with Gasteiger partial charge in [0.25, 0.3) is 0 Å². The highest BCUT2D eigenvalue weighted by atomic mass is 16.7. The lowest BCUT2D eigenvalue weighted by molar-refractivity contribution is 0.0324. The van der Waals surface area contributed by atoms with E-state index in [1.807, 2.05) is 12.1 Å². The third-order valence-electron chi connectivity index (χ3n) is 2.02. The first kappa shape index (κ1) is 7.58. The van der Waals surface area contributed by atoms with Crippen LogP contribution >= 0.6 is 0 Å². The van der Waals surface area contributed by atoms with Crippen LogP contribution in [0.2, 0.25) is 0 Å². The number of benzene rings is 1. The van der Waals surface area contributed by atoms with Gasteiger partial charge in [-0.2, -0.15) is 0 Å². The molecule has 0 amide bonds. The maximum absolute atomic E-state index is 9.46. The quantitative estimate of drug-likeness (QED) is 0.660. The van der Waals surface area contributed by atoms with Crippen LogP contribution in [0.25, 0.3) is 0 Å². The first-order valence-corrected chi connectivity index (χ1v) is 4.04. The summed E-state index contributed by atoms with van der Waals surface area (Å²) in [5.74, 6) is 0.311. The molecule has 1 unspecified atom stereocenters. The second-order valence-corrected chi connectivity index (χ2v) is 2.85. The van der Waals surface area contributed by atoms with Gasteiger partial charge in [0.05, 0.1) is 0 Å². The number of hydroxylamine groups is 1. The van der Waals surface area contributed by atoms with Gasteiger partial charge >= 0.3 is 0 Å². The molecule has 0 saturated carbocycles. The Hall–Kier alpha value is -1.06. The Bertz CT molecular complexity index is 269. The lowest BCUT2D eigenvalue weighted by Crippen LogP contribution is -2.04. The molecule has 0 radical (unpaired) electrons. The van der Waals surface area contributed by atoms with Crippen molar-refractivity contribution >= 4 is 0 Å². The average molecular weight is 165 g/mol. The van der Waals surface area contributed by atoms with E-state index < -0.39 is 0 Å². The fourth-order valence-electron chi connectivity index (χ4n) is 1.39. The minimum Gasteiger partial charge on any atom is -0.508 e. The monoisotopic (exact) mass is 165 g/mol. The first-order chi connectivity index (χ1) is 5.88. The van der Waals surface area contributed by atoms with Gasteiger partial charge in [0, 0.05) is 12.1 Å². The van der Waals surface area contributed by atoms with E-state index in [-0.39, 0.29) is 6.10 Å². The average Bonchev–Trinajstić information content (AvgIpc) is 2.57. The summed E-state index contributed by atoms with van der Waals surface area (Å²) in [5.41, 5.74) is 3.65. The van der Waals surface area contributed by atoms with Gasteiger partial charge < -0.3 is 5.11 Å². The Labute approximate surface area is 70.9 Å². The zero-order chi connectivity index (χ0) is 8.39. The molecular weight excluding hydrogens is 154 g/mol. The fourth-order valence-corrected chi connectivity index (χ4v) is 1.39. The smallest absolute Gasteiger partial charge is 0.121 e. The minimum atomic E-state index is 0.00574. The van der Waals surface area contributed by atoms with Crippen molar-refractivity contribution in [3.05, 3.63) is 29.8 Å². The van der Waals surface area contributed by atoms with Gasteiger partial charge in [-0.05, 0) is 12.5 Å². The zero-order valence-electron chi connectivity index (χ0n) is 6.66. The van der Waals surface area contributed by atoms with Crippen molar-refractivity contribution in [2.75, 3.05) is 6.54 Å². The van der Waals surface area contributed by atoms with Crippen molar-refractivity contribution in [3.8, 4) is 5.75 Å². The van der Waals surface area contributed by atoms with Crippen molar-refractivity contribution in [2.24, 2.45) is 0 Å². The number of hydrogen-bond donors (Lipinski definition) is 2. The molecule has 0 aromatic heterocycles. The van der Waals surface area contributed by atoms with E-state index in [0.717, 1.165) is 18.5 Å². The summed E-state index contributed by atoms with van der Waals surface area (Å²) >= 11 is 0. The van der Waals surface area contributed by atoms with Crippen LogP contribution < -0.4 is 5.48 Å². The molecule has 3 heteroatoms. The van der Waals surface area contributed by atoms with Crippen LogP contribution in [0.5, 0.6) is 5.75 Å². The number of para-hydroxylation sites is 1. The molecule has 64 valence electrons. The lowest BCUT2D eigenvalue weighted by atomic mass is 10.1. The highest BCUT2D eigenvalue weighted by Gasteiger charge is 2.19. The molecule has 1 fully saturated rings. The summed E-state index contributed by atoms with van der Waals surface area (Å²) in [6.45, 7) is 0.846. The molecule has 1 aliphatic rings. The van der Waals surface area contributed by atoms with E-state index >= 15 is 0 Å². The summed E-state index contributed by atoms with van der Waals surface area (Å²) in [5, 5.41) is 9.46. The summed E-state index contributed by atoms with van der Waals surface area (Å²) in [7, 11) is 0. The maximum atomic E-state index is 9.46. The minimum absolute atomic E-state index is 0.00574. The molecule has 0 aliphatic carbocycles. The predicted molar refractivity (Wildman–Crippen MR) is 44.6 cm³/mol. The molecule has 0 spiro atoms. The van der Waals surface area contributed by atoms with Crippen molar-refractivity contribution in [1.82, 2.24) is 5.48 Å². The van der Waals surface area contributed by atoms with E-state index in [0.29, 0.717) is 5.75 Å². The standard InChI is InChI=1S/C9H11NO2/c11-8-4-2-1-3-7(8)9-5-6-10-12-9/h1-4,9-11H,5-6H2. The molecule has 3 nitrogen and oxygen atoms in total. The Kier molecular flexibility index (Phi) is 1.98. The number of phenolic OH excluding ortho intramolecular Hbond substituents is 1. The van der Waals surface area contributed by atoms with Crippen molar-refractivity contribution < 1.29 is 9.94 Å². The van der Waals surface area contributed by atoms with Gasteiger partial charge in [-0.1, -0.05) is 18.2 Å². The molecule has 2 N–H and O–H groups in total. The number of aromatic hydroxyl groups is 1. The molecule has 0 bridgehead atoms. The summed E-state index contributed by atoms with van der Waals surface area (Å²) in [4.78, 5) is 5.21. The topological polar surface area (TPSA) is 41.5 Å². The second kappa shape index (κ2) is 3.13. The van der Waals surface area contributed by atoms with Crippen LogP contribution in [0.15, 0.2) is 24.3 Å². The van der Waals surface area contributed by atoms with Gasteiger partial charge in [0.1, 0.15) is 11.9 Å². The summed E-state index contributed by atoms with van der Waals surface area (Å²) in [6, 6.07) is 7.27. The van der Waals surface area contributed by atoms with Crippen LogP contribution in [0.1, 0.15) is 18.1 Å². The van der Waals surface area contributed by atoms with Crippen LogP contribution in [0.3, 0.4) is 0 Å². The SMILES string of the molecule is Oc1ccccc1C1CCNO1. The second-order valence-electron chi connectivity index (χ2n) is 2.85. The van der Waals surface area contributed by atoms with Gasteiger partial charge in [-0.3, -0.25) is 4.84 Å². The molecule has 1 atom stereocenters. The largest absolute Gasteiger partial charge is 0.508 e. The molecule has 1 aliphatic heterocycles. The number of nitrogens with one attached hydrogen (secondary N) is 1. The maximum Gasteiger partial charge on any atom is 0.121 e. The number of hydrogen-bond acceptors (Lipinski definition) is 3. The van der Waals surface area contributed by atoms with E-state index in [1.165, 1.54) is 0 Å². The van der Waals surface area contributed by atoms with E-state index in [4.69, 9.17) is 4.84 Å². The summed E-state index contributed by atoms with van der Waals surface area (Å²) in [6.07, 6.45) is 0.920. The van der Waals surface area contributed by atoms with Crippen molar-refractivity contribution in [2.45, 2.75) is 12.5 Å². The van der Waals surface area contributed by atoms with Crippen molar-refractivity contribution in [1.29, 1.82) is 0 Å². The molecule has 1 saturated heterocycles. The Morgan fingerprint density at radius 1 is 1.42 bits per heavy atom. The molecule has 12 heavy (non-hydrogen) atoms. The van der Waals surface area contributed by atoms with Crippen LogP contribution in [-0.4, -0.2) is 11.7 Å². The van der Waals surface area contributed by atoms with Gasteiger partial charge in [-0.15, -0.1) is 0 Å².